The maximum atomic E-state index is 13.9. The second kappa shape index (κ2) is 6.58. The molecule has 1 saturated carbocycles. The van der Waals surface area contributed by atoms with Gasteiger partial charge in [-0.25, -0.2) is 9.37 Å². The van der Waals surface area contributed by atoms with Crippen molar-refractivity contribution in [2.24, 2.45) is 0 Å². The molecule has 0 radical (unpaired) electrons. The number of nitrogens with zero attached hydrogens (tertiary/aromatic N) is 4. The van der Waals surface area contributed by atoms with E-state index in [0.29, 0.717) is 18.4 Å². The molecule has 3 aromatic rings. The molecule has 138 valence electrons. The standard InChI is InChI=1S/C21H21FN4O/c22-15-3-2-14(10-15)21-25-19-12-24-18-4-1-13(11-23)9-17(18)20(19)26(21)16-5-7-27-8-6-16/h1,4,9,12,14-16H,2-3,5-8,10H2. The smallest absolute Gasteiger partial charge is 0.113 e. The van der Waals surface area contributed by atoms with E-state index in [0.717, 1.165) is 60.2 Å². The summed E-state index contributed by atoms with van der Waals surface area (Å²) >= 11 is 0. The molecule has 2 unspecified atom stereocenters. The van der Waals surface area contributed by atoms with E-state index in [-0.39, 0.29) is 12.0 Å². The minimum atomic E-state index is -0.738. The number of rotatable bonds is 2. The second-order valence-corrected chi connectivity index (χ2v) is 7.63. The molecule has 0 bridgehead atoms. The summed E-state index contributed by atoms with van der Waals surface area (Å²) in [6.45, 7) is 1.46. The van der Waals surface area contributed by atoms with Crippen molar-refractivity contribution >= 4 is 21.9 Å². The molecule has 2 aliphatic rings. The number of ether oxygens (including phenoxy) is 1. The van der Waals surface area contributed by atoms with Gasteiger partial charge in [-0.15, -0.1) is 0 Å². The van der Waals surface area contributed by atoms with Crippen LogP contribution in [0, 0.1) is 11.3 Å². The van der Waals surface area contributed by atoms with Crippen LogP contribution in [0.3, 0.4) is 0 Å². The number of imidazole rings is 1. The van der Waals surface area contributed by atoms with Crippen LogP contribution in [0.2, 0.25) is 0 Å². The van der Waals surface area contributed by atoms with Gasteiger partial charge in [-0.2, -0.15) is 5.26 Å². The van der Waals surface area contributed by atoms with E-state index < -0.39 is 6.17 Å². The third-order valence-electron chi connectivity index (χ3n) is 5.96. The number of hydrogen-bond acceptors (Lipinski definition) is 4. The fraction of sp³-hybridized carbons (Fsp3) is 0.476. The zero-order chi connectivity index (χ0) is 18.4. The highest BCUT2D eigenvalue weighted by molar-refractivity contribution is 6.03. The van der Waals surface area contributed by atoms with Crippen molar-refractivity contribution in [3.63, 3.8) is 0 Å². The third kappa shape index (κ3) is 2.78. The molecule has 2 aromatic heterocycles. The van der Waals surface area contributed by atoms with E-state index in [4.69, 9.17) is 9.72 Å². The molecule has 5 rings (SSSR count). The summed E-state index contributed by atoms with van der Waals surface area (Å²) in [5.41, 5.74) is 3.33. The molecule has 1 aliphatic heterocycles. The second-order valence-electron chi connectivity index (χ2n) is 7.63. The Morgan fingerprint density at radius 3 is 2.74 bits per heavy atom. The Kier molecular flexibility index (Phi) is 4.05. The average molecular weight is 364 g/mol. The maximum Gasteiger partial charge on any atom is 0.113 e. The van der Waals surface area contributed by atoms with E-state index in [1.807, 2.05) is 18.3 Å². The van der Waals surface area contributed by atoms with Gasteiger partial charge in [0, 0.05) is 30.6 Å². The molecule has 2 fully saturated rings. The van der Waals surface area contributed by atoms with E-state index in [1.165, 1.54) is 0 Å². The number of pyridine rings is 1. The van der Waals surface area contributed by atoms with Gasteiger partial charge in [0.2, 0.25) is 0 Å². The van der Waals surface area contributed by atoms with Gasteiger partial charge in [0.05, 0.1) is 28.9 Å². The van der Waals surface area contributed by atoms with Gasteiger partial charge < -0.3 is 9.30 Å². The van der Waals surface area contributed by atoms with Crippen molar-refractivity contribution in [2.45, 2.75) is 50.2 Å². The quantitative estimate of drug-likeness (QED) is 0.675. The average Bonchev–Trinajstić information content (AvgIpc) is 3.31. The molecule has 1 aromatic carbocycles. The van der Waals surface area contributed by atoms with Crippen molar-refractivity contribution in [1.29, 1.82) is 5.26 Å². The Bertz CT molecular complexity index is 1050. The number of halogens is 1. The van der Waals surface area contributed by atoms with Gasteiger partial charge in [-0.3, -0.25) is 4.98 Å². The predicted octanol–water partition coefficient (Wildman–Crippen LogP) is 4.41. The first kappa shape index (κ1) is 16.6. The van der Waals surface area contributed by atoms with Crippen LogP contribution >= 0.6 is 0 Å². The Morgan fingerprint density at radius 2 is 2.00 bits per heavy atom. The highest BCUT2D eigenvalue weighted by Crippen LogP contribution is 2.40. The summed E-state index contributed by atoms with van der Waals surface area (Å²) < 4.78 is 21.8. The lowest BCUT2D eigenvalue weighted by molar-refractivity contribution is 0.0696. The number of fused-ring (bicyclic) bond motifs is 3. The molecular formula is C21H21FN4O. The van der Waals surface area contributed by atoms with Crippen LogP contribution in [0.15, 0.2) is 24.4 Å². The topological polar surface area (TPSA) is 63.7 Å². The summed E-state index contributed by atoms with van der Waals surface area (Å²) in [7, 11) is 0. The number of aromatic nitrogens is 3. The molecule has 27 heavy (non-hydrogen) atoms. The lowest BCUT2D eigenvalue weighted by Gasteiger charge is -2.27. The van der Waals surface area contributed by atoms with Crippen molar-refractivity contribution in [2.75, 3.05) is 13.2 Å². The SMILES string of the molecule is N#Cc1ccc2ncc3nc(C4CCC(F)C4)n(C4CCOCC4)c3c2c1. The van der Waals surface area contributed by atoms with Gasteiger partial charge in [-0.1, -0.05) is 0 Å². The Balaban J connectivity index is 1.78. The van der Waals surface area contributed by atoms with Gasteiger partial charge in [0.15, 0.2) is 0 Å². The van der Waals surface area contributed by atoms with E-state index in [1.54, 1.807) is 6.07 Å². The molecule has 1 aliphatic carbocycles. The first-order chi connectivity index (χ1) is 13.2. The summed E-state index contributed by atoms with van der Waals surface area (Å²) in [6, 6.07) is 8.09. The van der Waals surface area contributed by atoms with Gasteiger partial charge in [0.25, 0.3) is 0 Å². The van der Waals surface area contributed by atoms with E-state index >= 15 is 0 Å². The van der Waals surface area contributed by atoms with Gasteiger partial charge in [-0.05, 0) is 50.3 Å². The highest BCUT2D eigenvalue weighted by Gasteiger charge is 2.32. The Hall–Kier alpha value is -2.52. The van der Waals surface area contributed by atoms with Crippen molar-refractivity contribution in [3.05, 3.63) is 35.8 Å². The number of hydrogen-bond donors (Lipinski definition) is 0. The maximum absolute atomic E-state index is 13.9. The van der Waals surface area contributed by atoms with Crippen molar-refractivity contribution in [3.8, 4) is 6.07 Å². The lowest BCUT2D eigenvalue weighted by atomic mass is 10.0. The predicted molar refractivity (Wildman–Crippen MR) is 100 cm³/mol. The van der Waals surface area contributed by atoms with Crippen molar-refractivity contribution in [1.82, 2.24) is 14.5 Å². The molecule has 3 heterocycles. The summed E-state index contributed by atoms with van der Waals surface area (Å²) in [4.78, 5) is 9.46. The molecular weight excluding hydrogens is 343 g/mol. The Labute approximate surface area is 156 Å². The molecule has 6 heteroatoms. The first-order valence-electron chi connectivity index (χ1n) is 9.67. The molecule has 0 N–H and O–H groups in total. The minimum Gasteiger partial charge on any atom is -0.381 e. The van der Waals surface area contributed by atoms with Crippen LogP contribution in [-0.4, -0.2) is 33.9 Å². The number of nitriles is 1. The van der Waals surface area contributed by atoms with Crippen molar-refractivity contribution < 1.29 is 9.13 Å². The normalized spacial score (nSPS) is 23.9. The third-order valence-corrected chi connectivity index (χ3v) is 5.96. The first-order valence-corrected chi connectivity index (χ1v) is 9.67. The lowest BCUT2D eigenvalue weighted by Crippen LogP contribution is -2.22. The number of alkyl halides is 1. The van der Waals surface area contributed by atoms with E-state index in [9.17, 15) is 9.65 Å². The van der Waals surface area contributed by atoms with Crippen LogP contribution in [0.1, 0.15) is 55.5 Å². The highest BCUT2D eigenvalue weighted by atomic mass is 19.1. The van der Waals surface area contributed by atoms with Crippen LogP contribution in [-0.2, 0) is 4.74 Å². The zero-order valence-corrected chi connectivity index (χ0v) is 15.1. The van der Waals surface area contributed by atoms with Gasteiger partial charge >= 0.3 is 0 Å². The van der Waals surface area contributed by atoms with Crippen LogP contribution < -0.4 is 0 Å². The molecule has 0 amide bonds. The molecule has 2 atom stereocenters. The summed E-state index contributed by atoms with van der Waals surface area (Å²) in [6.07, 6.45) is 4.91. The minimum absolute atomic E-state index is 0.143. The monoisotopic (exact) mass is 364 g/mol. The largest absolute Gasteiger partial charge is 0.381 e. The number of benzene rings is 1. The fourth-order valence-electron chi connectivity index (χ4n) is 4.63. The summed E-state index contributed by atoms with van der Waals surface area (Å²) in [5, 5.41) is 10.3. The molecule has 1 saturated heterocycles. The fourth-order valence-corrected chi connectivity index (χ4v) is 4.63. The van der Waals surface area contributed by atoms with E-state index in [2.05, 4.69) is 15.6 Å². The van der Waals surface area contributed by atoms with Crippen LogP contribution in [0.25, 0.3) is 21.9 Å². The Morgan fingerprint density at radius 1 is 1.15 bits per heavy atom. The summed E-state index contributed by atoms with van der Waals surface area (Å²) in [5.74, 6) is 1.12. The van der Waals surface area contributed by atoms with Gasteiger partial charge in [0.1, 0.15) is 17.5 Å². The molecule has 5 nitrogen and oxygen atoms in total. The van der Waals surface area contributed by atoms with Crippen LogP contribution in [0.4, 0.5) is 4.39 Å². The zero-order valence-electron chi connectivity index (χ0n) is 15.1. The molecule has 0 spiro atoms. The van der Waals surface area contributed by atoms with Crippen LogP contribution in [0.5, 0.6) is 0 Å².